The van der Waals surface area contributed by atoms with Gasteiger partial charge in [-0.1, -0.05) is 0 Å². The molecule has 0 aromatic carbocycles. The second-order valence-corrected chi connectivity index (χ2v) is 8.29. The highest BCUT2D eigenvalue weighted by atomic mass is 32.2. The molecule has 0 fully saturated rings. The molecule has 33 heavy (non-hydrogen) atoms. The van der Waals surface area contributed by atoms with Crippen molar-refractivity contribution in [1.29, 1.82) is 0 Å². The summed E-state index contributed by atoms with van der Waals surface area (Å²) in [4.78, 5) is 60.0. The molecule has 3 amide bonds. The van der Waals surface area contributed by atoms with E-state index in [4.69, 9.17) is 21.7 Å². The van der Waals surface area contributed by atoms with Crippen molar-refractivity contribution in [2.24, 2.45) is 11.5 Å². The number of carboxylic acids is 2. The van der Waals surface area contributed by atoms with E-state index in [0.29, 0.717) is 25.1 Å². The van der Waals surface area contributed by atoms with Crippen LogP contribution in [-0.2, 0) is 24.0 Å². The molecule has 0 saturated carbocycles. The number of nitrogens with two attached hydrogens (primary N) is 2. The maximum absolute atomic E-state index is 12.8. The van der Waals surface area contributed by atoms with Crippen molar-refractivity contribution in [2.75, 3.05) is 25.2 Å². The molecule has 13 nitrogen and oxygen atoms in total. The number of hydrogen-bond acceptors (Lipinski definition) is 9. The van der Waals surface area contributed by atoms with Gasteiger partial charge in [-0.05, 0) is 50.7 Å². The number of aliphatic hydroxyl groups is 1. The number of amides is 3. The molecular weight excluding hydrogens is 458 g/mol. The highest BCUT2D eigenvalue weighted by Gasteiger charge is 2.30. The van der Waals surface area contributed by atoms with Gasteiger partial charge in [-0.15, -0.1) is 0 Å². The summed E-state index contributed by atoms with van der Waals surface area (Å²) in [6.07, 6.45) is 2.35. The molecule has 0 bridgehead atoms. The number of unbranched alkanes of at least 4 members (excludes halogenated alkanes) is 1. The van der Waals surface area contributed by atoms with Crippen molar-refractivity contribution in [3.05, 3.63) is 0 Å². The maximum Gasteiger partial charge on any atom is 0.326 e. The third-order valence-corrected chi connectivity index (χ3v) is 5.26. The van der Waals surface area contributed by atoms with E-state index in [0.717, 1.165) is 0 Å². The number of aliphatic carboxylic acids is 2. The highest BCUT2D eigenvalue weighted by Crippen LogP contribution is 2.07. The van der Waals surface area contributed by atoms with E-state index in [2.05, 4.69) is 16.0 Å². The van der Waals surface area contributed by atoms with Crippen LogP contribution in [0.2, 0.25) is 0 Å². The normalized spacial score (nSPS) is 14.4. The predicted octanol–water partition coefficient (Wildman–Crippen LogP) is -2.41. The zero-order valence-electron chi connectivity index (χ0n) is 18.6. The highest BCUT2D eigenvalue weighted by molar-refractivity contribution is 7.98. The van der Waals surface area contributed by atoms with Crippen LogP contribution in [0.15, 0.2) is 0 Å². The molecule has 0 radical (unpaired) electrons. The standard InChI is InChI=1S/C19H35N5O8S/c1-33-9-7-13(22-16(28)11(21)10-25)18(30)23-12(5-6-15(26)27)17(29)24-14(19(31)32)4-2-3-8-20/h11-14,25H,2-10,20-21H2,1H3,(H,22,28)(H,23,30)(H,24,29)(H,26,27)(H,31,32). The van der Waals surface area contributed by atoms with Crippen molar-refractivity contribution in [2.45, 2.75) is 62.7 Å². The van der Waals surface area contributed by atoms with Gasteiger partial charge in [0, 0.05) is 6.42 Å². The van der Waals surface area contributed by atoms with Gasteiger partial charge in [-0.25, -0.2) is 4.79 Å². The SMILES string of the molecule is CSCCC(NC(=O)C(N)CO)C(=O)NC(CCC(=O)O)C(=O)NC(CCCCN)C(=O)O. The molecule has 0 aliphatic rings. The molecule has 0 spiro atoms. The first-order valence-electron chi connectivity index (χ1n) is 10.5. The Morgan fingerprint density at radius 1 is 0.848 bits per heavy atom. The average Bonchev–Trinajstić information content (AvgIpc) is 2.77. The van der Waals surface area contributed by atoms with Gasteiger partial charge in [-0.2, -0.15) is 11.8 Å². The molecular formula is C19H35N5O8S. The first kappa shape index (κ1) is 30.6. The van der Waals surface area contributed by atoms with Crippen molar-refractivity contribution in [3.63, 3.8) is 0 Å². The number of carboxylic acid groups (broad SMARTS) is 2. The number of carbonyl (C=O) groups is 5. The second kappa shape index (κ2) is 17.1. The lowest BCUT2D eigenvalue weighted by Crippen LogP contribution is -2.57. The van der Waals surface area contributed by atoms with E-state index in [9.17, 15) is 29.1 Å². The van der Waals surface area contributed by atoms with Crippen LogP contribution in [0.4, 0.5) is 0 Å². The van der Waals surface area contributed by atoms with E-state index in [-0.39, 0.29) is 19.3 Å². The lowest BCUT2D eigenvalue weighted by Gasteiger charge is -2.25. The Morgan fingerprint density at radius 3 is 1.88 bits per heavy atom. The van der Waals surface area contributed by atoms with Crippen LogP contribution in [0.1, 0.15) is 38.5 Å². The molecule has 0 heterocycles. The Kier molecular flexibility index (Phi) is 15.9. The minimum absolute atomic E-state index is 0.114. The molecule has 14 heteroatoms. The Labute approximate surface area is 196 Å². The molecule has 0 aliphatic heterocycles. The van der Waals surface area contributed by atoms with Crippen LogP contribution >= 0.6 is 11.8 Å². The third kappa shape index (κ3) is 13.0. The molecule has 0 aromatic rings. The van der Waals surface area contributed by atoms with Crippen LogP contribution in [0.5, 0.6) is 0 Å². The van der Waals surface area contributed by atoms with Gasteiger partial charge >= 0.3 is 11.9 Å². The van der Waals surface area contributed by atoms with Gasteiger partial charge in [0.2, 0.25) is 17.7 Å². The van der Waals surface area contributed by atoms with Crippen LogP contribution in [0.25, 0.3) is 0 Å². The van der Waals surface area contributed by atoms with Crippen molar-refractivity contribution >= 4 is 41.4 Å². The van der Waals surface area contributed by atoms with Crippen molar-refractivity contribution in [3.8, 4) is 0 Å². The molecule has 0 aromatic heterocycles. The first-order valence-corrected chi connectivity index (χ1v) is 11.9. The maximum atomic E-state index is 12.8. The van der Waals surface area contributed by atoms with E-state index in [1.807, 2.05) is 0 Å². The van der Waals surface area contributed by atoms with Crippen LogP contribution in [0, 0.1) is 0 Å². The number of aliphatic hydroxyl groups excluding tert-OH is 1. The summed E-state index contributed by atoms with van der Waals surface area (Å²) in [6, 6.07) is -4.92. The van der Waals surface area contributed by atoms with Gasteiger partial charge in [-0.3, -0.25) is 19.2 Å². The van der Waals surface area contributed by atoms with Gasteiger partial charge in [0.15, 0.2) is 0 Å². The summed E-state index contributed by atoms with van der Waals surface area (Å²) in [5.41, 5.74) is 10.9. The Hall–Kier alpha value is -2.42. The zero-order valence-corrected chi connectivity index (χ0v) is 19.4. The van der Waals surface area contributed by atoms with Gasteiger partial charge < -0.3 is 42.7 Å². The third-order valence-electron chi connectivity index (χ3n) is 4.62. The Balaban J connectivity index is 5.43. The summed E-state index contributed by atoms with van der Waals surface area (Å²) in [7, 11) is 0. The summed E-state index contributed by atoms with van der Waals surface area (Å²) in [6.45, 7) is -0.270. The molecule has 10 N–H and O–H groups in total. The molecule has 190 valence electrons. The number of hydrogen-bond donors (Lipinski definition) is 8. The average molecular weight is 494 g/mol. The van der Waals surface area contributed by atoms with Crippen LogP contribution in [0.3, 0.4) is 0 Å². The molecule has 0 rings (SSSR count). The minimum atomic E-state index is -1.34. The van der Waals surface area contributed by atoms with Crippen LogP contribution < -0.4 is 27.4 Å². The number of thioether (sulfide) groups is 1. The summed E-state index contributed by atoms with van der Waals surface area (Å²) in [5, 5.41) is 34.5. The monoisotopic (exact) mass is 493 g/mol. The van der Waals surface area contributed by atoms with Gasteiger partial charge in [0.25, 0.3) is 0 Å². The fourth-order valence-electron chi connectivity index (χ4n) is 2.70. The summed E-state index contributed by atoms with van der Waals surface area (Å²) < 4.78 is 0. The molecule has 0 saturated heterocycles. The largest absolute Gasteiger partial charge is 0.481 e. The number of nitrogens with one attached hydrogen (secondary N) is 3. The molecule has 4 atom stereocenters. The van der Waals surface area contributed by atoms with Gasteiger partial charge in [0.1, 0.15) is 24.2 Å². The van der Waals surface area contributed by atoms with E-state index in [1.54, 1.807) is 6.26 Å². The quantitative estimate of drug-likeness (QED) is 0.0936. The topological polar surface area (TPSA) is 234 Å². The summed E-state index contributed by atoms with van der Waals surface area (Å²) >= 11 is 1.41. The summed E-state index contributed by atoms with van der Waals surface area (Å²) in [5.74, 6) is -4.39. The van der Waals surface area contributed by atoms with E-state index >= 15 is 0 Å². The second-order valence-electron chi connectivity index (χ2n) is 7.31. The predicted molar refractivity (Wildman–Crippen MR) is 121 cm³/mol. The van der Waals surface area contributed by atoms with Crippen molar-refractivity contribution < 1.29 is 39.3 Å². The van der Waals surface area contributed by atoms with E-state index < -0.39 is 66.9 Å². The fourth-order valence-corrected chi connectivity index (χ4v) is 3.17. The minimum Gasteiger partial charge on any atom is -0.481 e. The fraction of sp³-hybridized carbons (Fsp3) is 0.737. The number of carbonyl (C=O) groups excluding carboxylic acids is 3. The lowest BCUT2D eigenvalue weighted by molar-refractivity contribution is -0.143. The lowest BCUT2D eigenvalue weighted by atomic mass is 10.1. The van der Waals surface area contributed by atoms with Crippen molar-refractivity contribution in [1.82, 2.24) is 16.0 Å². The van der Waals surface area contributed by atoms with E-state index in [1.165, 1.54) is 11.8 Å². The molecule has 0 aliphatic carbocycles. The van der Waals surface area contributed by atoms with Gasteiger partial charge in [0.05, 0.1) is 6.61 Å². The molecule has 4 unspecified atom stereocenters. The smallest absolute Gasteiger partial charge is 0.326 e. The van der Waals surface area contributed by atoms with Crippen LogP contribution in [-0.4, -0.2) is 94.3 Å². The zero-order chi connectivity index (χ0) is 25.4. The Morgan fingerprint density at radius 2 is 1.39 bits per heavy atom. The first-order chi connectivity index (χ1) is 15.6. The Bertz CT molecular complexity index is 666. The number of rotatable bonds is 18.